The van der Waals surface area contributed by atoms with Gasteiger partial charge in [-0.3, -0.25) is 0 Å². The van der Waals surface area contributed by atoms with E-state index >= 15 is 0 Å². The first-order valence-electron chi connectivity index (χ1n) is 6.28. The molecule has 2 aromatic rings. The zero-order chi connectivity index (χ0) is 16.5. The first kappa shape index (κ1) is 16.1. The van der Waals surface area contributed by atoms with E-state index in [-0.39, 0.29) is 11.3 Å². The van der Waals surface area contributed by atoms with E-state index in [4.69, 9.17) is 5.73 Å². The molecular formula is C15H13F4NO2. The maximum Gasteiger partial charge on any atom is 0.573 e. The minimum absolute atomic E-state index is 0.185. The second-order valence-electron chi connectivity index (χ2n) is 4.72. The molecule has 0 fully saturated rings. The number of nitrogens with two attached hydrogens (primary N) is 1. The maximum atomic E-state index is 13.4. The van der Waals surface area contributed by atoms with Crippen LogP contribution in [0.4, 0.5) is 17.6 Å². The van der Waals surface area contributed by atoms with E-state index in [0.717, 1.165) is 18.2 Å². The molecule has 118 valence electrons. The second kappa shape index (κ2) is 5.84. The molecule has 0 bridgehead atoms. The van der Waals surface area contributed by atoms with Crippen molar-refractivity contribution in [2.75, 3.05) is 0 Å². The third-order valence-electron chi connectivity index (χ3n) is 3.17. The van der Waals surface area contributed by atoms with Crippen LogP contribution < -0.4 is 10.5 Å². The van der Waals surface area contributed by atoms with Gasteiger partial charge in [-0.2, -0.15) is 0 Å². The molecular weight excluding hydrogens is 302 g/mol. The van der Waals surface area contributed by atoms with Crippen LogP contribution in [0, 0.1) is 12.7 Å². The number of aryl methyl sites for hydroxylation is 1. The fourth-order valence-corrected chi connectivity index (χ4v) is 2.12. The number of ether oxygens (including phenoxy) is 1. The molecule has 0 saturated carbocycles. The van der Waals surface area contributed by atoms with E-state index in [1.165, 1.54) is 18.2 Å². The maximum absolute atomic E-state index is 13.4. The van der Waals surface area contributed by atoms with Crippen molar-refractivity contribution >= 4 is 0 Å². The van der Waals surface area contributed by atoms with Crippen LogP contribution in [0.2, 0.25) is 0 Å². The van der Waals surface area contributed by atoms with Gasteiger partial charge in [-0.15, -0.1) is 13.2 Å². The Hall–Kier alpha value is -2.28. The molecule has 22 heavy (non-hydrogen) atoms. The van der Waals surface area contributed by atoms with Crippen molar-refractivity contribution in [1.29, 1.82) is 0 Å². The molecule has 3 N–H and O–H groups in total. The summed E-state index contributed by atoms with van der Waals surface area (Å²) in [7, 11) is 0. The van der Waals surface area contributed by atoms with E-state index in [9.17, 15) is 22.7 Å². The third-order valence-corrected chi connectivity index (χ3v) is 3.17. The first-order valence-corrected chi connectivity index (χ1v) is 6.28. The number of phenols is 1. The van der Waals surface area contributed by atoms with Crippen molar-refractivity contribution in [3.05, 3.63) is 58.9 Å². The van der Waals surface area contributed by atoms with E-state index in [0.29, 0.717) is 11.1 Å². The standard InChI is InChI=1S/C15H13F4NO2/c1-8-2-7-11(16)14(21)12(8)13(20)9-3-5-10(6-4-9)22-15(17,18)19/h2-7,13,21H,20H2,1H3/t13-/m1/s1. The Morgan fingerprint density at radius 1 is 1.09 bits per heavy atom. The Labute approximate surface area is 123 Å². The fraction of sp³-hybridized carbons (Fsp3) is 0.200. The molecule has 0 spiro atoms. The largest absolute Gasteiger partial charge is 0.573 e. The van der Waals surface area contributed by atoms with Crippen LogP contribution in [-0.2, 0) is 0 Å². The summed E-state index contributed by atoms with van der Waals surface area (Å²) in [4.78, 5) is 0. The lowest BCUT2D eigenvalue weighted by Gasteiger charge is -2.17. The Morgan fingerprint density at radius 2 is 1.68 bits per heavy atom. The van der Waals surface area contributed by atoms with Crippen molar-refractivity contribution in [1.82, 2.24) is 0 Å². The number of hydrogen-bond donors (Lipinski definition) is 2. The van der Waals surface area contributed by atoms with Gasteiger partial charge >= 0.3 is 6.36 Å². The number of alkyl halides is 3. The third kappa shape index (κ3) is 3.48. The molecule has 0 saturated heterocycles. The van der Waals surface area contributed by atoms with Gasteiger partial charge in [0, 0.05) is 5.56 Å². The van der Waals surface area contributed by atoms with Gasteiger partial charge in [-0.25, -0.2) is 4.39 Å². The lowest BCUT2D eigenvalue weighted by atomic mass is 9.94. The van der Waals surface area contributed by atoms with Crippen LogP contribution >= 0.6 is 0 Å². The lowest BCUT2D eigenvalue weighted by molar-refractivity contribution is -0.274. The SMILES string of the molecule is Cc1ccc(F)c(O)c1[C@H](N)c1ccc(OC(F)(F)F)cc1. The second-order valence-corrected chi connectivity index (χ2v) is 4.72. The summed E-state index contributed by atoms with van der Waals surface area (Å²) in [6.07, 6.45) is -4.78. The van der Waals surface area contributed by atoms with E-state index in [2.05, 4.69) is 4.74 Å². The molecule has 1 atom stereocenters. The minimum atomic E-state index is -4.78. The monoisotopic (exact) mass is 315 g/mol. The van der Waals surface area contributed by atoms with Gasteiger partial charge < -0.3 is 15.6 Å². The average Bonchev–Trinajstić information content (AvgIpc) is 2.42. The van der Waals surface area contributed by atoms with Crippen LogP contribution in [0.3, 0.4) is 0 Å². The summed E-state index contributed by atoms with van der Waals surface area (Å²) in [5.74, 6) is -1.76. The molecule has 3 nitrogen and oxygen atoms in total. The minimum Gasteiger partial charge on any atom is -0.505 e. The Bertz CT molecular complexity index is 668. The summed E-state index contributed by atoms with van der Waals surface area (Å²) >= 11 is 0. The number of hydrogen-bond acceptors (Lipinski definition) is 3. The highest BCUT2D eigenvalue weighted by Gasteiger charge is 2.31. The predicted octanol–water partition coefficient (Wildman–Crippen LogP) is 3.79. The summed E-state index contributed by atoms with van der Waals surface area (Å²) < 4.78 is 53.5. The molecule has 0 heterocycles. The number of phenolic OH excluding ortho intramolecular Hbond substituents is 1. The van der Waals surface area contributed by atoms with Gasteiger partial charge in [-0.05, 0) is 36.2 Å². The molecule has 0 aliphatic heterocycles. The van der Waals surface area contributed by atoms with E-state index in [1.807, 2.05) is 0 Å². The van der Waals surface area contributed by atoms with E-state index < -0.39 is 24.0 Å². The smallest absolute Gasteiger partial charge is 0.505 e. The van der Waals surface area contributed by atoms with Crippen molar-refractivity contribution in [2.45, 2.75) is 19.3 Å². The number of rotatable bonds is 3. The molecule has 0 aliphatic rings. The number of benzene rings is 2. The summed E-state index contributed by atoms with van der Waals surface area (Å²) in [5.41, 5.74) is 7.15. The van der Waals surface area contributed by atoms with Crippen molar-refractivity contribution in [3.8, 4) is 11.5 Å². The average molecular weight is 315 g/mol. The van der Waals surface area contributed by atoms with Crippen LogP contribution in [0.1, 0.15) is 22.7 Å². The van der Waals surface area contributed by atoms with Crippen LogP contribution in [0.5, 0.6) is 11.5 Å². The van der Waals surface area contributed by atoms with Gasteiger partial charge in [0.1, 0.15) is 5.75 Å². The molecule has 2 aromatic carbocycles. The fourth-order valence-electron chi connectivity index (χ4n) is 2.12. The summed E-state index contributed by atoms with van der Waals surface area (Å²) in [6, 6.07) is 6.57. The molecule has 2 rings (SSSR count). The predicted molar refractivity (Wildman–Crippen MR) is 72.0 cm³/mol. The molecule has 0 unspecified atom stereocenters. The Morgan fingerprint density at radius 3 is 2.23 bits per heavy atom. The zero-order valence-corrected chi connectivity index (χ0v) is 11.5. The van der Waals surface area contributed by atoms with Gasteiger partial charge in [0.25, 0.3) is 0 Å². The van der Waals surface area contributed by atoms with E-state index in [1.54, 1.807) is 6.92 Å². The molecule has 0 aromatic heterocycles. The summed E-state index contributed by atoms with van der Waals surface area (Å²) in [6.45, 7) is 1.65. The van der Waals surface area contributed by atoms with Crippen LogP contribution in [-0.4, -0.2) is 11.5 Å². The number of halogens is 4. The van der Waals surface area contributed by atoms with Crippen LogP contribution in [0.25, 0.3) is 0 Å². The lowest BCUT2D eigenvalue weighted by Crippen LogP contribution is -2.17. The van der Waals surface area contributed by atoms with Gasteiger partial charge in [-0.1, -0.05) is 18.2 Å². The summed E-state index contributed by atoms with van der Waals surface area (Å²) in [5, 5.41) is 9.79. The molecule has 0 radical (unpaired) electrons. The number of aromatic hydroxyl groups is 1. The highest BCUT2D eigenvalue weighted by molar-refractivity contribution is 5.46. The van der Waals surface area contributed by atoms with Crippen molar-refractivity contribution in [2.24, 2.45) is 5.73 Å². The first-order chi connectivity index (χ1) is 10.2. The molecule has 0 aliphatic carbocycles. The normalized spacial score (nSPS) is 13.0. The van der Waals surface area contributed by atoms with Crippen molar-refractivity contribution < 1.29 is 27.4 Å². The topological polar surface area (TPSA) is 55.5 Å². The molecule has 0 amide bonds. The van der Waals surface area contributed by atoms with Gasteiger partial charge in [0.05, 0.1) is 6.04 Å². The van der Waals surface area contributed by atoms with Crippen LogP contribution in [0.15, 0.2) is 36.4 Å². The van der Waals surface area contributed by atoms with Crippen molar-refractivity contribution in [3.63, 3.8) is 0 Å². The van der Waals surface area contributed by atoms with Gasteiger partial charge in [0.2, 0.25) is 0 Å². The Balaban J connectivity index is 2.31. The zero-order valence-electron chi connectivity index (χ0n) is 11.5. The van der Waals surface area contributed by atoms with Gasteiger partial charge in [0.15, 0.2) is 11.6 Å². The Kier molecular flexibility index (Phi) is 4.27. The highest BCUT2D eigenvalue weighted by atomic mass is 19.4. The highest BCUT2D eigenvalue weighted by Crippen LogP contribution is 2.33. The molecule has 7 heteroatoms. The quantitative estimate of drug-likeness (QED) is 0.847.